The van der Waals surface area contributed by atoms with Gasteiger partial charge in [0.05, 0.1) is 22.9 Å². The van der Waals surface area contributed by atoms with Gasteiger partial charge in [0.15, 0.2) is 0 Å². The van der Waals surface area contributed by atoms with Gasteiger partial charge >= 0.3 is 0 Å². The summed E-state index contributed by atoms with van der Waals surface area (Å²) in [5, 5.41) is 14.0. The lowest BCUT2D eigenvalue weighted by Gasteiger charge is -2.14. The first-order valence-corrected chi connectivity index (χ1v) is 5.92. The molecule has 1 atom stereocenters. The number of nitro benzene ring substituents is 1. The number of anilines is 1. The number of nitro groups is 1. The Balaban J connectivity index is 2.20. The summed E-state index contributed by atoms with van der Waals surface area (Å²) in [4.78, 5) is 18.4. The Bertz CT molecular complexity index is 592. The molecule has 19 heavy (non-hydrogen) atoms. The van der Waals surface area contributed by atoms with Crippen molar-refractivity contribution in [3.8, 4) is 0 Å². The lowest BCUT2D eigenvalue weighted by Crippen LogP contribution is -2.08. The molecule has 1 aromatic heterocycles. The van der Waals surface area contributed by atoms with Crippen molar-refractivity contribution >= 4 is 23.0 Å². The van der Waals surface area contributed by atoms with Gasteiger partial charge in [-0.2, -0.15) is 0 Å². The maximum Gasteiger partial charge on any atom is 0.289 e. The van der Waals surface area contributed by atoms with Gasteiger partial charge in [-0.1, -0.05) is 11.6 Å². The van der Waals surface area contributed by atoms with Crippen LogP contribution >= 0.6 is 11.6 Å². The molecule has 2 aromatic rings. The molecule has 6 nitrogen and oxygen atoms in total. The molecule has 0 bridgehead atoms. The van der Waals surface area contributed by atoms with Gasteiger partial charge in [-0.05, 0) is 19.1 Å². The molecule has 0 radical (unpaired) electrons. The predicted molar refractivity (Wildman–Crippen MR) is 72.2 cm³/mol. The molecule has 0 saturated carbocycles. The second-order valence-corrected chi connectivity index (χ2v) is 4.33. The van der Waals surface area contributed by atoms with Crippen molar-refractivity contribution in [2.75, 3.05) is 5.32 Å². The molecular weight excluding hydrogens is 268 g/mol. The Kier molecular flexibility index (Phi) is 3.91. The van der Waals surface area contributed by atoms with Crippen LogP contribution in [-0.4, -0.2) is 14.9 Å². The summed E-state index contributed by atoms with van der Waals surface area (Å²) in [6.07, 6.45) is 4.82. The van der Waals surface area contributed by atoms with E-state index >= 15 is 0 Å². The van der Waals surface area contributed by atoms with E-state index in [0.717, 1.165) is 5.69 Å². The normalized spacial score (nSPS) is 11.9. The largest absolute Gasteiger partial charge is 0.377 e. The molecule has 1 heterocycles. The predicted octanol–water partition coefficient (Wildman–Crippen LogP) is 3.21. The molecule has 0 fully saturated rings. The Morgan fingerprint density at radius 3 is 2.84 bits per heavy atom. The maximum absolute atomic E-state index is 10.8. The van der Waals surface area contributed by atoms with Crippen LogP contribution in [0.5, 0.6) is 0 Å². The molecule has 98 valence electrons. The average molecular weight is 279 g/mol. The van der Waals surface area contributed by atoms with E-state index in [4.69, 9.17) is 11.6 Å². The molecule has 0 aliphatic heterocycles. The maximum atomic E-state index is 10.8. The number of aromatic nitrogens is 2. The standard InChI is InChI=1S/C12H11ClN4O2/c1-8(11-7-14-4-5-15-11)16-9-2-3-10(13)12(6-9)17(18)19/h2-8,16H,1H3. The van der Waals surface area contributed by atoms with Crippen LogP contribution in [0.2, 0.25) is 5.02 Å². The summed E-state index contributed by atoms with van der Waals surface area (Å²) in [6.45, 7) is 1.89. The van der Waals surface area contributed by atoms with Gasteiger partial charge in [-0.25, -0.2) is 0 Å². The smallest absolute Gasteiger partial charge is 0.289 e. The van der Waals surface area contributed by atoms with E-state index in [2.05, 4.69) is 15.3 Å². The first kappa shape index (κ1) is 13.2. The Morgan fingerprint density at radius 1 is 1.42 bits per heavy atom. The number of benzene rings is 1. The fraction of sp³-hybridized carbons (Fsp3) is 0.167. The molecule has 1 unspecified atom stereocenters. The van der Waals surface area contributed by atoms with Crippen molar-refractivity contribution < 1.29 is 4.92 Å². The van der Waals surface area contributed by atoms with Gasteiger partial charge in [0.1, 0.15) is 5.02 Å². The zero-order chi connectivity index (χ0) is 13.8. The van der Waals surface area contributed by atoms with E-state index in [1.54, 1.807) is 24.7 Å². The van der Waals surface area contributed by atoms with Crippen LogP contribution in [-0.2, 0) is 0 Å². The summed E-state index contributed by atoms with van der Waals surface area (Å²) < 4.78 is 0. The molecule has 0 spiro atoms. The van der Waals surface area contributed by atoms with E-state index in [1.165, 1.54) is 12.1 Å². The Labute approximate surface area is 114 Å². The summed E-state index contributed by atoms with van der Waals surface area (Å²) in [5.41, 5.74) is 1.23. The van der Waals surface area contributed by atoms with Gasteiger partial charge in [0.25, 0.3) is 5.69 Å². The fourth-order valence-electron chi connectivity index (χ4n) is 1.60. The van der Waals surface area contributed by atoms with Crippen LogP contribution in [0.4, 0.5) is 11.4 Å². The van der Waals surface area contributed by atoms with Crippen molar-refractivity contribution in [2.45, 2.75) is 13.0 Å². The molecule has 0 amide bonds. The van der Waals surface area contributed by atoms with Crippen LogP contribution in [0.15, 0.2) is 36.8 Å². The number of halogens is 1. The zero-order valence-corrected chi connectivity index (χ0v) is 10.8. The highest BCUT2D eigenvalue weighted by atomic mass is 35.5. The highest BCUT2D eigenvalue weighted by Gasteiger charge is 2.14. The minimum absolute atomic E-state index is 0.114. The first-order valence-electron chi connectivity index (χ1n) is 5.54. The van der Waals surface area contributed by atoms with E-state index in [9.17, 15) is 10.1 Å². The lowest BCUT2D eigenvalue weighted by molar-refractivity contribution is -0.384. The molecule has 0 saturated heterocycles. The van der Waals surface area contributed by atoms with Crippen molar-refractivity contribution in [3.05, 3.63) is 57.6 Å². The van der Waals surface area contributed by atoms with Crippen molar-refractivity contribution in [3.63, 3.8) is 0 Å². The van der Waals surface area contributed by atoms with Gasteiger partial charge in [-0.15, -0.1) is 0 Å². The fourth-order valence-corrected chi connectivity index (χ4v) is 1.79. The van der Waals surface area contributed by atoms with Crippen LogP contribution in [0.3, 0.4) is 0 Å². The Morgan fingerprint density at radius 2 is 2.21 bits per heavy atom. The monoisotopic (exact) mass is 278 g/mol. The van der Waals surface area contributed by atoms with E-state index in [-0.39, 0.29) is 16.8 Å². The topological polar surface area (TPSA) is 81.0 Å². The first-order chi connectivity index (χ1) is 9.08. The molecule has 7 heteroatoms. The van der Waals surface area contributed by atoms with E-state index < -0.39 is 4.92 Å². The molecule has 0 aliphatic rings. The van der Waals surface area contributed by atoms with E-state index in [1.807, 2.05) is 6.92 Å². The van der Waals surface area contributed by atoms with Crippen LogP contribution in [0.1, 0.15) is 18.7 Å². The SMILES string of the molecule is CC(Nc1ccc(Cl)c([N+](=O)[O-])c1)c1cnccn1. The molecule has 0 aliphatic carbocycles. The quantitative estimate of drug-likeness (QED) is 0.686. The van der Waals surface area contributed by atoms with Gasteiger partial charge < -0.3 is 5.32 Å². The number of hydrogen-bond acceptors (Lipinski definition) is 5. The van der Waals surface area contributed by atoms with Crippen LogP contribution in [0.25, 0.3) is 0 Å². The third-order valence-electron chi connectivity index (χ3n) is 2.55. The van der Waals surface area contributed by atoms with Gasteiger partial charge in [0.2, 0.25) is 0 Å². The highest BCUT2D eigenvalue weighted by molar-refractivity contribution is 6.32. The highest BCUT2D eigenvalue weighted by Crippen LogP contribution is 2.28. The molecule has 2 rings (SSSR count). The third-order valence-corrected chi connectivity index (χ3v) is 2.87. The second-order valence-electron chi connectivity index (χ2n) is 3.92. The average Bonchev–Trinajstić information content (AvgIpc) is 2.41. The molecule has 1 aromatic carbocycles. The number of rotatable bonds is 4. The zero-order valence-electron chi connectivity index (χ0n) is 10.1. The summed E-state index contributed by atoms with van der Waals surface area (Å²) in [6, 6.07) is 4.46. The Hall–Kier alpha value is -2.21. The third kappa shape index (κ3) is 3.17. The van der Waals surface area contributed by atoms with Crippen molar-refractivity contribution in [1.29, 1.82) is 0 Å². The van der Waals surface area contributed by atoms with Gasteiger partial charge in [0, 0.05) is 24.1 Å². The van der Waals surface area contributed by atoms with Gasteiger partial charge in [-0.3, -0.25) is 20.1 Å². The number of nitrogens with zero attached hydrogens (tertiary/aromatic N) is 3. The minimum atomic E-state index is -0.513. The van der Waals surface area contributed by atoms with Crippen LogP contribution < -0.4 is 5.32 Å². The second kappa shape index (κ2) is 5.62. The summed E-state index contributed by atoms with van der Waals surface area (Å²) >= 11 is 5.75. The number of nitrogens with one attached hydrogen (secondary N) is 1. The van der Waals surface area contributed by atoms with Crippen LogP contribution in [0, 0.1) is 10.1 Å². The molecule has 1 N–H and O–H groups in total. The van der Waals surface area contributed by atoms with Crippen molar-refractivity contribution in [1.82, 2.24) is 9.97 Å². The lowest BCUT2D eigenvalue weighted by atomic mass is 10.2. The minimum Gasteiger partial charge on any atom is -0.377 e. The summed E-state index contributed by atoms with van der Waals surface area (Å²) in [7, 11) is 0. The van der Waals surface area contributed by atoms with E-state index in [0.29, 0.717) is 5.69 Å². The molecular formula is C12H11ClN4O2. The summed E-state index contributed by atoms with van der Waals surface area (Å²) in [5.74, 6) is 0. The number of hydrogen-bond donors (Lipinski definition) is 1. The van der Waals surface area contributed by atoms with Crippen molar-refractivity contribution in [2.24, 2.45) is 0 Å².